The number of amides is 1. The highest BCUT2D eigenvalue weighted by Crippen LogP contribution is 2.28. The first-order valence-corrected chi connectivity index (χ1v) is 6.62. The largest absolute Gasteiger partial charge is 0.383 e. The quantitative estimate of drug-likeness (QED) is 0.739. The molecule has 2 rings (SSSR count). The van der Waals surface area contributed by atoms with E-state index in [-0.39, 0.29) is 13.1 Å². The number of alkyl halides is 4. The molecule has 0 aromatic heterocycles. The predicted octanol–water partition coefficient (Wildman–Crippen LogP) is 1.97. The van der Waals surface area contributed by atoms with E-state index in [0.717, 1.165) is 30.8 Å². The first-order valence-electron chi connectivity index (χ1n) is 6.62. The van der Waals surface area contributed by atoms with Crippen LogP contribution in [0.2, 0.25) is 0 Å². The van der Waals surface area contributed by atoms with Crippen molar-refractivity contribution in [3.05, 3.63) is 0 Å². The lowest BCUT2D eigenvalue weighted by molar-refractivity contribution is -0.181. The number of likely N-dealkylation sites (tertiary alicyclic amines) is 2. The van der Waals surface area contributed by atoms with Gasteiger partial charge in [-0.2, -0.15) is 8.78 Å². The number of piperidine rings is 1. The van der Waals surface area contributed by atoms with Crippen LogP contribution in [0.3, 0.4) is 0 Å². The van der Waals surface area contributed by atoms with Gasteiger partial charge in [-0.05, 0) is 38.8 Å². The fourth-order valence-electron chi connectivity index (χ4n) is 2.84. The summed E-state index contributed by atoms with van der Waals surface area (Å²) in [7, 11) is 0. The van der Waals surface area contributed by atoms with E-state index in [1.54, 1.807) is 0 Å². The summed E-state index contributed by atoms with van der Waals surface area (Å²) >= 11 is 0. The van der Waals surface area contributed by atoms with Crippen LogP contribution in [0, 0.1) is 0 Å². The van der Waals surface area contributed by atoms with Crippen LogP contribution in [0.1, 0.15) is 25.7 Å². The van der Waals surface area contributed by atoms with Gasteiger partial charge in [0.2, 0.25) is 0 Å². The Hall–Kier alpha value is -0.850. The molecule has 0 aliphatic carbocycles. The van der Waals surface area contributed by atoms with Gasteiger partial charge in [-0.25, -0.2) is 8.78 Å². The zero-order chi connectivity index (χ0) is 14.0. The van der Waals surface area contributed by atoms with Crippen LogP contribution in [-0.2, 0) is 4.79 Å². The summed E-state index contributed by atoms with van der Waals surface area (Å²) in [5.74, 6) is -6.29. The van der Waals surface area contributed by atoms with Gasteiger partial charge < -0.3 is 9.80 Å². The average Bonchev–Trinajstić information content (AvgIpc) is 2.91. The number of carbonyl (C=O) groups is 1. The third-order valence-corrected chi connectivity index (χ3v) is 3.97. The second-order valence-electron chi connectivity index (χ2n) is 5.19. The molecule has 110 valence electrons. The predicted molar refractivity (Wildman–Crippen MR) is 61.4 cm³/mol. The minimum Gasteiger partial charge on any atom is -0.337 e. The standard InChI is InChI=1S/C12H18F4N2O/c13-10(14)12(15,16)11(19)18-7-3-9(4-8-18)17-5-1-2-6-17/h9-10H,1-8H2. The highest BCUT2D eigenvalue weighted by atomic mass is 19.3. The Morgan fingerprint density at radius 1 is 1.05 bits per heavy atom. The minimum atomic E-state index is -4.56. The lowest BCUT2D eigenvalue weighted by atomic mass is 10.0. The molecule has 1 amide bonds. The Morgan fingerprint density at radius 2 is 1.58 bits per heavy atom. The minimum absolute atomic E-state index is 0.141. The third kappa shape index (κ3) is 3.01. The molecule has 0 atom stereocenters. The molecular formula is C12H18F4N2O. The highest BCUT2D eigenvalue weighted by Gasteiger charge is 2.51. The molecular weight excluding hydrogens is 264 g/mol. The normalized spacial score (nSPS) is 23.3. The molecule has 2 heterocycles. The first-order chi connectivity index (χ1) is 8.93. The lowest BCUT2D eigenvalue weighted by Crippen LogP contribution is -2.52. The number of carbonyl (C=O) groups excluding carboxylic acids is 1. The molecule has 2 aliphatic rings. The zero-order valence-electron chi connectivity index (χ0n) is 10.6. The van der Waals surface area contributed by atoms with Gasteiger partial charge in [-0.3, -0.25) is 4.79 Å². The van der Waals surface area contributed by atoms with Crippen molar-refractivity contribution in [1.29, 1.82) is 0 Å². The van der Waals surface area contributed by atoms with Crippen molar-refractivity contribution < 1.29 is 22.4 Å². The van der Waals surface area contributed by atoms with Crippen molar-refractivity contribution in [3.63, 3.8) is 0 Å². The molecule has 0 bridgehead atoms. The maximum absolute atomic E-state index is 13.0. The summed E-state index contributed by atoms with van der Waals surface area (Å²) in [5, 5.41) is 0. The first kappa shape index (κ1) is 14.6. The van der Waals surface area contributed by atoms with Gasteiger partial charge in [0.15, 0.2) is 0 Å². The van der Waals surface area contributed by atoms with Gasteiger partial charge in [-0.15, -0.1) is 0 Å². The monoisotopic (exact) mass is 282 g/mol. The highest BCUT2D eigenvalue weighted by molar-refractivity contribution is 5.84. The third-order valence-electron chi connectivity index (χ3n) is 3.97. The summed E-state index contributed by atoms with van der Waals surface area (Å²) in [6.45, 7) is 2.29. The maximum Gasteiger partial charge on any atom is 0.383 e. The smallest absolute Gasteiger partial charge is 0.337 e. The molecule has 0 unspecified atom stereocenters. The SMILES string of the molecule is O=C(N1CCC(N2CCCC2)CC1)C(F)(F)C(F)F. The summed E-state index contributed by atoms with van der Waals surface area (Å²) in [4.78, 5) is 14.5. The van der Waals surface area contributed by atoms with Crippen LogP contribution < -0.4 is 0 Å². The van der Waals surface area contributed by atoms with Gasteiger partial charge in [0.25, 0.3) is 5.91 Å². The van der Waals surface area contributed by atoms with E-state index in [0.29, 0.717) is 18.9 Å². The van der Waals surface area contributed by atoms with E-state index in [1.807, 2.05) is 0 Å². The number of hydrogen-bond acceptors (Lipinski definition) is 2. The summed E-state index contributed by atoms with van der Waals surface area (Å²) in [5.41, 5.74) is 0. The Kier molecular flexibility index (Phi) is 4.32. The fraction of sp³-hybridized carbons (Fsp3) is 0.917. The van der Waals surface area contributed by atoms with E-state index in [2.05, 4.69) is 4.90 Å². The molecule has 0 spiro atoms. The van der Waals surface area contributed by atoms with Gasteiger partial charge in [0.05, 0.1) is 0 Å². The Bertz CT molecular complexity index is 324. The Morgan fingerprint density at radius 3 is 2.05 bits per heavy atom. The summed E-state index contributed by atoms with van der Waals surface area (Å²) in [6, 6.07) is 0.298. The van der Waals surface area contributed by atoms with Crippen molar-refractivity contribution in [1.82, 2.24) is 9.80 Å². The molecule has 3 nitrogen and oxygen atoms in total. The van der Waals surface area contributed by atoms with Gasteiger partial charge in [0, 0.05) is 19.1 Å². The van der Waals surface area contributed by atoms with Crippen molar-refractivity contribution in [2.75, 3.05) is 26.2 Å². The van der Waals surface area contributed by atoms with Crippen LogP contribution in [-0.4, -0.2) is 60.3 Å². The second kappa shape index (κ2) is 5.64. The topological polar surface area (TPSA) is 23.6 Å². The van der Waals surface area contributed by atoms with Crippen LogP contribution in [0.4, 0.5) is 17.6 Å². The van der Waals surface area contributed by atoms with E-state index in [9.17, 15) is 22.4 Å². The van der Waals surface area contributed by atoms with E-state index in [4.69, 9.17) is 0 Å². The van der Waals surface area contributed by atoms with E-state index >= 15 is 0 Å². The van der Waals surface area contributed by atoms with Gasteiger partial charge in [-0.1, -0.05) is 0 Å². The molecule has 19 heavy (non-hydrogen) atoms. The van der Waals surface area contributed by atoms with Gasteiger partial charge in [0.1, 0.15) is 0 Å². The fourth-order valence-corrected chi connectivity index (χ4v) is 2.84. The van der Waals surface area contributed by atoms with Crippen molar-refractivity contribution >= 4 is 5.91 Å². The number of halogens is 4. The summed E-state index contributed by atoms with van der Waals surface area (Å²) in [6.07, 6.45) is -0.474. The molecule has 2 fully saturated rings. The second-order valence-corrected chi connectivity index (χ2v) is 5.19. The van der Waals surface area contributed by atoms with Crippen LogP contribution in [0.25, 0.3) is 0 Å². The average molecular weight is 282 g/mol. The van der Waals surface area contributed by atoms with Crippen molar-refractivity contribution in [3.8, 4) is 0 Å². The van der Waals surface area contributed by atoms with E-state index in [1.165, 1.54) is 0 Å². The lowest BCUT2D eigenvalue weighted by Gasteiger charge is -2.37. The number of rotatable bonds is 3. The molecule has 0 aromatic rings. The Balaban J connectivity index is 1.87. The number of nitrogens with zero attached hydrogens (tertiary/aromatic N) is 2. The molecule has 2 aliphatic heterocycles. The van der Waals surface area contributed by atoms with Crippen LogP contribution in [0.15, 0.2) is 0 Å². The van der Waals surface area contributed by atoms with Crippen molar-refractivity contribution in [2.45, 2.75) is 44.1 Å². The summed E-state index contributed by atoms with van der Waals surface area (Å²) < 4.78 is 50.2. The molecule has 2 saturated heterocycles. The molecule has 0 aromatic carbocycles. The molecule has 0 N–H and O–H groups in total. The molecule has 0 radical (unpaired) electrons. The molecule has 7 heteroatoms. The Labute approximate surface area is 109 Å². The zero-order valence-corrected chi connectivity index (χ0v) is 10.6. The van der Waals surface area contributed by atoms with Crippen LogP contribution >= 0.6 is 0 Å². The van der Waals surface area contributed by atoms with Crippen LogP contribution in [0.5, 0.6) is 0 Å². The van der Waals surface area contributed by atoms with E-state index < -0.39 is 18.3 Å². The maximum atomic E-state index is 13.0. The number of hydrogen-bond donors (Lipinski definition) is 0. The van der Waals surface area contributed by atoms with Crippen molar-refractivity contribution in [2.24, 2.45) is 0 Å². The van der Waals surface area contributed by atoms with Gasteiger partial charge >= 0.3 is 12.3 Å². The molecule has 0 saturated carbocycles.